The van der Waals surface area contributed by atoms with E-state index in [1.54, 1.807) is 0 Å². The Morgan fingerprint density at radius 1 is 1.20 bits per heavy atom. The van der Waals surface area contributed by atoms with Gasteiger partial charge in [0.05, 0.1) is 21.3 Å². The monoisotopic (exact) mass is 230 g/mol. The molecular weight excluding hydrogens is 204 g/mol. The first-order valence-electron chi connectivity index (χ1n) is 6.45. The van der Waals surface area contributed by atoms with Crippen LogP contribution in [0.3, 0.4) is 0 Å². The molecule has 0 aromatic heterocycles. The predicted molar refractivity (Wildman–Crippen MR) is 67.2 cm³/mol. The Morgan fingerprint density at radius 2 is 1.80 bits per heavy atom. The maximum atomic E-state index is 5.58. The highest BCUT2D eigenvalue weighted by Crippen LogP contribution is 2.26. The van der Waals surface area contributed by atoms with Crippen molar-refractivity contribution in [3.63, 3.8) is 0 Å². The minimum atomic E-state index is -0.890. The summed E-state index contributed by atoms with van der Waals surface area (Å²) in [5, 5.41) is 0. The van der Waals surface area contributed by atoms with Gasteiger partial charge in [0.1, 0.15) is 6.10 Å². The fraction of sp³-hybridized carbons (Fsp3) is 1.00. The summed E-state index contributed by atoms with van der Waals surface area (Å²) in [6.07, 6.45) is 1.68. The standard InChI is InChI=1S/C12H26O2Si/c1-4-15(5-2,6-3)9-7-8-13-10-12-11-14-12/h12H,4-11H2,1-3H3. The summed E-state index contributed by atoms with van der Waals surface area (Å²) in [6.45, 7) is 9.79. The molecule has 15 heavy (non-hydrogen) atoms. The fourth-order valence-electron chi connectivity index (χ4n) is 2.21. The van der Waals surface area contributed by atoms with Crippen LogP contribution in [-0.4, -0.2) is 34.0 Å². The van der Waals surface area contributed by atoms with Crippen LogP contribution in [0.25, 0.3) is 0 Å². The van der Waals surface area contributed by atoms with Gasteiger partial charge in [0.25, 0.3) is 0 Å². The molecular formula is C12H26O2Si. The summed E-state index contributed by atoms with van der Waals surface area (Å²) in [6, 6.07) is 5.76. The number of epoxide rings is 1. The second-order valence-corrected chi connectivity index (χ2v) is 10.3. The van der Waals surface area contributed by atoms with Crippen LogP contribution in [0.2, 0.25) is 24.2 Å². The van der Waals surface area contributed by atoms with Crippen molar-refractivity contribution in [2.75, 3.05) is 19.8 Å². The molecule has 0 radical (unpaired) electrons. The van der Waals surface area contributed by atoms with Gasteiger partial charge in [-0.1, -0.05) is 44.9 Å². The summed E-state index contributed by atoms with van der Waals surface area (Å²) in [5.74, 6) is 0. The number of hydrogen-bond donors (Lipinski definition) is 0. The van der Waals surface area contributed by atoms with E-state index in [0.717, 1.165) is 19.8 Å². The van der Waals surface area contributed by atoms with Gasteiger partial charge in [-0.15, -0.1) is 0 Å². The molecule has 0 aliphatic carbocycles. The van der Waals surface area contributed by atoms with Crippen molar-refractivity contribution in [2.24, 2.45) is 0 Å². The van der Waals surface area contributed by atoms with Crippen molar-refractivity contribution in [1.29, 1.82) is 0 Å². The van der Waals surface area contributed by atoms with Crippen molar-refractivity contribution in [1.82, 2.24) is 0 Å². The lowest BCUT2D eigenvalue weighted by Gasteiger charge is -2.27. The molecule has 1 aliphatic rings. The highest BCUT2D eigenvalue weighted by Gasteiger charge is 2.26. The largest absolute Gasteiger partial charge is 0.379 e. The molecule has 1 aliphatic heterocycles. The van der Waals surface area contributed by atoms with Crippen LogP contribution in [0.15, 0.2) is 0 Å². The van der Waals surface area contributed by atoms with Crippen molar-refractivity contribution in [2.45, 2.75) is 57.5 Å². The molecule has 1 unspecified atom stereocenters. The normalized spacial score (nSPS) is 20.6. The molecule has 0 aromatic rings. The third-order valence-corrected chi connectivity index (χ3v) is 9.87. The smallest absolute Gasteiger partial charge is 0.104 e. The van der Waals surface area contributed by atoms with Gasteiger partial charge in [-0.3, -0.25) is 0 Å². The first-order chi connectivity index (χ1) is 7.26. The average molecular weight is 230 g/mol. The lowest BCUT2D eigenvalue weighted by Crippen LogP contribution is -2.31. The van der Waals surface area contributed by atoms with Crippen molar-refractivity contribution in [3.8, 4) is 0 Å². The average Bonchev–Trinajstić information content (AvgIpc) is 3.08. The molecule has 0 N–H and O–H groups in total. The Bertz CT molecular complexity index is 157. The van der Waals surface area contributed by atoms with E-state index >= 15 is 0 Å². The van der Waals surface area contributed by atoms with Gasteiger partial charge in [0.15, 0.2) is 0 Å². The van der Waals surface area contributed by atoms with Crippen LogP contribution >= 0.6 is 0 Å². The number of ether oxygens (including phenoxy) is 2. The summed E-state index contributed by atoms with van der Waals surface area (Å²) in [5.41, 5.74) is 0. The van der Waals surface area contributed by atoms with Crippen LogP contribution in [0.4, 0.5) is 0 Å². The first kappa shape index (κ1) is 13.2. The van der Waals surface area contributed by atoms with Crippen molar-refractivity contribution < 1.29 is 9.47 Å². The third kappa shape index (κ3) is 4.66. The number of rotatable bonds is 9. The highest BCUT2D eigenvalue weighted by molar-refractivity contribution is 6.79. The molecule has 1 atom stereocenters. The SMILES string of the molecule is CC[Si](CC)(CC)CCCOCC1CO1. The Labute approximate surface area is 95.4 Å². The highest BCUT2D eigenvalue weighted by atomic mass is 28.3. The zero-order valence-electron chi connectivity index (χ0n) is 10.6. The molecule has 1 rings (SSSR count). The van der Waals surface area contributed by atoms with Gasteiger partial charge in [-0.25, -0.2) is 0 Å². The Hall–Kier alpha value is 0.137. The van der Waals surface area contributed by atoms with Crippen molar-refractivity contribution >= 4 is 8.07 Å². The van der Waals surface area contributed by atoms with E-state index in [-0.39, 0.29) is 0 Å². The van der Waals surface area contributed by atoms with Crippen LogP contribution in [0.1, 0.15) is 27.2 Å². The lowest BCUT2D eigenvalue weighted by atomic mass is 10.5. The number of hydrogen-bond acceptors (Lipinski definition) is 2. The molecule has 2 nitrogen and oxygen atoms in total. The minimum Gasteiger partial charge on any atom is -0.379 e. The van der Waals surface area contributed by atoms with Gasteiger partial charge < -0.3 is 9.47 Å². The first-order valence-corrected chi connectivity index (χ1v) is 9.28. The van der Waals surface area contributed by atoms with Crippen LogP contribution < -0.4 is 0 Å². The Kier molecular flexibility index (Phi) is 5.86. The van der Waals surface area contributed by atoms with Crippen LogP contribution in [0, 0.1) is 0 Å². The molecule has 1 fully saturated rings. The Morgan fingerprint density at radius 3 is 2.27 bits per heavy atom. The molecule has 1 heterocycles. The molecule has 0 spiro atoms. The fourth-order valence-corrected chi connectivity index (χ4v) is 5.66. The van der Waals surface area contributed by atoms with Crippen LogP contribution in [-0.2, 0) is 9.47 Å². The van der Waals surface area contributed by atoms with Crippen molar-refractivity contribution in [3.05, 3.63) is 0 Å². The summed E-state index contributed by atoms with van der Waals surface area (Å²) in [4.78, 5) is 0. The zero-order valence-corrected chi connectivity index (χ0v) is 11.6. The van der Waals surface area contributed by atoms with E-state index in [1.807, 2.05) is 0 Å². The van der Waals surface area contributed by atoms with E-state index in [2.05, 4.69) is 20.8 Å². The summed E-state index contributed by atoms with van der Waals surface area (Å²) in [7, 11) is -0.890. The van der Waals surface area contributed by atoms with E-state index in [0.29, 0.717) is 6.10 Å². The maximum Gasteiger partial charge on any atom is 0.104 e. The Balaban J connectivity index is 2.04. The second-order valence-electron chi connectivity index (χ2n) is 4.69. The zero-order chi connectivity index (χ0) is 11.1. The molecule has 90 valence electrons. The quantitative estimate of drug-likeness (QED) is 0.344. The lowest BCUT2D eigenvalue weighted by molar-refractivity contribution is 0.117. The molecule has 0 amide bonds. The van der Waals surface area contributed by atoms with Gasteiger partial charge in [-0.2, -0.15) is 0 Å². The predicted octanol–water partition coefficient (Wildman–Crippen LogP) is 3.30. The van der Waals surface area contributed by atoms with E-state index in [4.69, 9.17) is 9.47 Å². The van der Waals surface area contributed by atoms with Crippen LogP contribution in [0.5, 0.6) is 0 Å². The van der Waals surface area contributed by atoms with Gasteiger partial charge in [-0.05, 0) is 6.42 Å². The summed E-state index contributed by atoms with van der Waals surface area (Å²) < 4.78 is 10.7. The van der Waals surface area contributed by atoms with E-state index in [1.165, 1.54) is 30.6 Å². The molecule has 1 saturated heterocycles. The van der Waals surface area contributed by atoms with Gasteiger partial charge >= 0.3 is 0 Å². The minimum absolute atomic E-state index is 0.426. The summed E-state index contributed by atoms with van der Waals surface area (Å²) >= 11 is 0. The molecule has 3 heteroatoms. The van der Waals surface area contributed by atoms with Gasteiger partial charge in [0, 0.05) is 6.61 Å². The van der Waals surface area contributed by atoms with E-state index < -0.39 is 8.07 Å². The maximum absolute atomic E-state index is 5.58. The molecule has 0 bridgehead atoms. The topological polar surface area (TPSA) is 21.8 Å². The second kappa shape index (κ2) is 6.66. The van der Waals surface area contributed by atoms with Gasteiger partial charge in [0.2, 0.25) is 0 Å². The van der Waals surface area contributed by atoms with E-state index in [9.17, 15) is 0 Å². The molecule has 0 saturated carbocycles. The molecule has 0 aromatic carbocycles. The third-order valence-electron chi connectivity index (χ3n) is 3.95.